The highest BCUT2D eigenvalue weighted by molar-refractivity contribution is 9.09. The molecule has 1 aromatic rings. The predicted octanol–water partition coefficient (Wildman–Crippen LogP) is 3.47. The lowest BCUT2D eigenvalue weighted by Crippen LogP contribution is -2.20. The number of sulfone groups is 1. The summed E-state index contributed by atoms with van der Waals surface area (Å²) in [6.07, 6.45) is 1.21. The van der Waals surface area contributed by atoms with Gasteiger partial charge < -0.3 is 0 Å². The van der Waals surface area contributed by atoms with Gasteiger partial charge in [-0.3, -0.25) is 0 Å². The molecule has 2 atom stereocenters. The third kappa shape index (κ3) is 3.92. The Morgan fingerprint density at radius 2 is 2.21 bits per heavy atom. The Labute approximate surface area is 126 Å². The monoisotopic (exact) mass is 368 g/mol. The van der Waals surface area contributed by atoms with Gasteiger partial charge in [-0.1, -0.05) is 33.6 Å². The van der Waals surface area contributed by atoms with E-state index >= 15 is 0 Å². The van der Waals surface area contributed by atoms with Gasteiger partial charge in [0, 0.05) is 10.4 Å². The molecule has 1 saturated heterocycles. The van der Waals surface area contributed by atoms with Gasteiger partial charge >= 0.3 is 0 Å². The predicted molar refractivity (Wildman–Crippen MR) is 79.2 cm³/mol. The van der Waals surface area contributed by atoms with Crippen molar-refractivity contribution in [2.75, 3.05) is 16.8 Å². The van der Waals surface area contributed by atoms with Crippen LogP contribution in [0.25, 0.3) is 0 Å². The van der Waals surface area contributed by atoms with E-state index in [1.165, 1.54) is 6.07 Å². The van der Waals surface area contributed by atoms with Crippen LogP contribution >= 0.6 is 27.5 Å². The minimum absolute atomic E-state index is 0.111. The topological polar surface area (TPSA) is 34.1 Å². The Bertz CT molecular complexity index is 562. The van der Waals surface area contributed by atoms with E-state index in [1.54, 1.807) is 12.1 Å². The molecule has 2 nitrogen and oxygen atoms in total. The number of hydrogen-bond donors (Lipinski definition) is 0. The van der Waals surface area contributed by atoms with Crippen LogP contribution in [-0.2, 0) is 16.3 Å². The molecule has 106 valence electrons. The smallest absolute Gasteiger partial charge is 0.150 e. The summed E-state index contributed by atoms with van der Waals surface area (Å²) >= 11 is 9.14. The summed E-state index contributed by atoms with van der Waals surface area (Å²) in [5.74, 6) is 0.398. The molecule has 0 N–H and O–H groups in total. The molecule has 19 heavy (non-hydrogen) atoms. The van der Waals surface area contributed by atoms with Crippen molar-refractivity contribution >= 4 is 37.4 Å². The molecule has 2 unspecified atom stereocenters. The Kier molecular flexibility index (Phi) is 4.90. The van der Waals surface area contributed by atoms with Crippen molar-refractivity contribution in [2.24, 2.45) is 11.8 Å². The second-order valence-corrected chi connectivity index (χ2v) is 8.33. The third-order valence-electron chi connectivity index (χ3n) is 3.63. The summed E-state index contributed by atoms with van der Waals surface area (Å²) < 4.78 is 36.8. The molecule has 1 aliphatic rings. The van der Waals surface area contributed by atoms with Crippen LogP contribution in [0.5, 0.6) is 0 Å². The highest BCUT2D eigenvalue weighted by Gasteiger charge is 2.33. The fourth-order valence-electron chi connectivity index (χ4n) is 2.51. The van der Waals surface area contributed by atoms with Crippen LogP contribution in [0.4, 0.5) is 4.39 Å². The first-order chi connectivity index (χ1) is 8.91. The van der Waals surface area contributed by atoms with Crippen LogP contribution in [-0.4, -0.2) is 25.3 Å². The average molecular weight is 370 g/mol. The summed E-state index contributed by atoms with van der Waals surface area (Å²) in [5, 5.41) is 1.05. The van der Waals surface area contributed by atoms with Crippen LogP contribution in [0.2, 0.25) is 5.02 Å². The van der Waals surface area contributed by atoms with Gasteiger partial charge in [-0.2, -0.15) is 0 Å². The summed E-state index contributed by atoms with van der Waals surface area (Å²) in [7, 11) is -2.90. The molecule has 1 heterocycles. The zero-order valence-electron chi connectivity index (χ0n) is 10.3. The first-order valence-corrected chi connectivity index (χ1v) is 9.43. The van der Waals surface area contributed by atoms with Crippen LogP contribution < -0.4 is 0 Å². The van der Waals surface area contributed by atoms with E-state index in [1.807, 2.05) is 0 Å². The van der Waals surface area contributed by atoms with Crippen LogP contribution in [0.3, 0.4) is 0 Å². The lowest BCUT2D eigenvalue weighted by atomic mass is 9.88. The second-order valence-electron chi connectivity index (χ2n) is 5.02. The van der Waals surface area contributed by atoms with Crippen molar-refractivity contribution in [1.29, 1.82) is 0 Å². The Morgan fingerprint density at radius 3 is 2.74 bits per heavy atom. The van der Waals surface area contributed by atoms with E-state index in [0.29, 0.717) is 28.8 Å². The van der Waals surface area contributed by atoms with Gasteiger partial charge in [0.25, 0.3) is 0 Å². The minimum atomic E-state index is -2.90. The maximum Gasteiger partial charge on any atom is 0.150 e. The van der Waals surface area contributed by atoms with E-state index in [2.05, 4.69) is 15.9 Å². The van der Waals surface area contributed by atoms with Crippen molar-refractivity contribution in [3.63, 3.8) is 0 Å². The van der Waals surface area contributed by atoms with Crippen LogP contribution in [0.1, 0.15) is 12.0 Å². The quantitative estimate of drug-likeness (QED) is 0.762. The van der Waals surface area contributed by atoms with Crippen LogP contribution in [0.15, 0.2) is 18.2 Å². The molecule has 0 amide bonds. The maximum atomic E-state index is 13.8. The fourth-order valence-corrected chi connectivity index (χ4v) is 5.35. The molecule has 0 radical (unpaired) electrons. The number of hydrogen-bond acceptors (Lipinski definition) is 2. The fraction of sp³-hybridized carbons (Fsp3) is 0.538. The zero-order valence-corrected chi connectivity index (χ0v) is 13.4. The lowest BCUT2D eigenvalue weighted by molar-refractivity contribution is 0.396. The van der Waals surface area contributed by atoms with Gasteiger partial charge in [-0.25, -0.2) is 12.8 Å². The average Bonchev–Trinajstić information content (AvgIpc) is 2.69. The molecule has 1 aliphatic heterocycles. The van der Waals surface area contributed by atoms with E-state index in [0.717, 1.165) is 0 Å². The Balaban J connectivity index is 2.11. The summed E-state index contributed by atoms with van der Waals surface area (Å²) in [6, 6.07) is 4.64. The molecular weight excluding hydrogens is 355 g/mol. The number of alkyl halides is 1. The Hall–Kier alpha value is -0.130. The van der Waals surface area contributed by atoms with Gasteiger partial charge in [-0.05, 0) is 42.4 Å². The van der Waals surface area contributed by atoms with E-state index in [-0.39, 0.29) is 29.2 Å². The zero-order chi connectivity index (χ0) is 14.0. The van der Waals surface area contributed by atoms with Crippen molar-refractivity contribution in [3.05, 3.63) is 34.6 Å². The maximum absolute atomic E-state index is 13.8. The second kappa shape index (κ2) is 6.10. The van der Waals surface area contributed by atoms with Gasteiger partial charge in [0.2, 0.25) is 0 Å². The SMILES string of the molecule is O=S1(=O)CCC(C(CBr)Cc2ccc(Cl)cc2F)C1. The van der Waals surface area contributed by atoms with Crippen molar-refractivity contribution in [3.8, 4) is 0 Å². The van der Waals surface area contributed by atoms with Gasteiger partial charge in [0.1, 0.15) is 5.82 Å². The number of benzene rings is 1. The van der Waals surface area contributed by atoms with Crippen molar-refractivity contribution in [2.45, 2.75) is 12.8 Å². The molecule has 6 heteroatoms. The molecule has 1 fully saturated rings. The molecule has 0 bridgehead atoms. The molecule has 0 aliphatic carbocycles. The Morgan fingerprint density at radius 1 is 1.47 bits per heavy atom. The highest BCUT2D eigenvalue weighted by Crippen LogP contribution is 2.30. The first kappa shape index (κ1) is 15.3. The molecule has 0 saturated carbocycles. The van der Waals surface area contributed by atoms with Crippen molar-refractivity contribution < 1.29 is 12.8 Å². The first-order valence-electron chi connectivity index (χ1n) is 6.11. The normalized spacial score (nSPS) is 23.4. The van der Waals surface area contributed by atoms with E-state index < -0.39 is 9.84 Å². The number of rotatable bonds is 4. The molecule has 0 spiro atoms. The highest BCUT2D eigenvalue weighted by atomic mass is 79.9. The molecular formula is C13H15BrClFO2S. The van der Waals surface area contributed by atoms with Gasteiger partial charge in [-0.15, -0.1) is 0 Å². The lowest BCUT2D eigenvalue weighted by Gasteiger charge is -2.20. The van der Waals surface area contributed by atoms with E-state index in [4.69, 9.17) is 11.6 Å². The third-order valence-corrected chi connectivity index (χ3v) is 6.49. The largest absolute Gasteiger partial charge is 0.229 e. The van der Waals surface area contributed by atoms with Gasteiger partial charge in [0.15, 0.2) is 9.84 Å². The summed E-state index contributed by atoms with van der Waals surface area (Å²) in [6.45, 7) is 0. The summed E-state index contributed by atoms with van der Waals surface area (Å²) in [4.78, 5) is 0. The van der Waals surface area contributed by atoms with Crippen molar-refractivity contribution in [1.82, 2.24) is 0 Å². The minimum Gasteiger partial charge on any atom is -0.229 e. The standard InChI is InChI=1S/C13H15BrClFO2S/c14-7-11(10-3-4-19(17,18)8-10)5-9-1-2-12(15)6-13(9)16/h1-2,6,10-11H,3-5,7-8H2. The van der Waals surface area contributed by atoms with Crippen LogP contribution in [0, 0.1) is 17.7 Å². The summed E-state index contributed by atoms with van der Waals surface area (Å²) in [5.41, 5.74) is 0.596. The van der Waals surface area contributed by atoms with Gasteiger partial charge in [0.05, 0.1) is 11.5 Å². The molecule has 2 rings (SSSR count). The van der Waals surface area contributed by atoms with E-state index in [9.17, 15) is 12.8 Å². The molecule has 0 aromatic heterocycles. The molecule has 1 aromatic carbocycles. The number of halogens is 3.